The van der Waals surface area contributed by atoms with E-state index in [4.69, 9.17) is 17.3 Å². The van der Waals surface area contributed by atoms with Gasteiger partial charge in [0.25, 0.3) is 0 Å². The van der Waals surface area contributed by atoms with E-state index in [1.165, 1.54) is 0 Å². The van der Waals surface area contributed by atoms with E-state index < -0.39 is 0 Å². The van der Waals surface area contributed by atoms with Crippen molar-refractivity contribution in [3.05, 3.63) is 35.0 Å². The summed E-state index contributed by atoms with van der Waals surface area (Å²) in [4.78, 5) is 4.08. The zero-order valence-electron chi connectivity index (χ0n) is 8.37. The van der Waals surface area contributed by atoms with Crippen molar-refractivity contribution in [1.82, 2.24) is 4.98 Å². The second-order valence-corrected chi connectivity index (χ2v) is 3.57. The number of aromatic nitrogens is 1. The third-order valence-corrected chi connectivity index (χ3v) is 2.45. The van der Waals surface area contributed by atoms with Gasteiger partial charge in [0.15, 0.2) is 5.75 Å². The number of halogens is 1. The van der Waals surface area contributed by atoms with Gasteiger partial charge in [0, 0.05) is 11.6 Å². The molecule has 0 aliphatic carbocycles. The normalized spacial score (nSPS) is 9.88. The van der Waals surface area contributed by atoms with Gasteiger partial charge in [0.2, 0.25) is 0 Å². The standard InChI is InChI=1S/C12H9ClN2O/c13-10-7-8(3-1-5-14)12(16)11-9(10)4-2-6-15-11/h2,4,6-7,16H,5,14H2. The van der Waals surface area contributed by atoms with Crippen molar-refractivity contribution >= 4 is 22.5 Å². The molecule has 0 bridgehead atoms. The maximum atomic E-state index is 9.94. The van der Waals surface area contributed by atoms with Crippen LogP contribution in [0, 0.1) is 11.8 Å². The maximum absolute atomic E-state index is 9.94. The summed E-state index contributed by atoms with van der Waals surface area (Å²) in [5.41, 5.74) is 6.17. The lowest BCUT2D eigenvalue weighted by Gasteiger charge is -2.04. The number of phenolic OH excluding ortho intramolecular Hbond substituents is 1. The van der Waals surface area contributed by atoms with Gasteiger partial charge in [-0.2, -0.15) is 0 Å². The molecule has 1 aromatic heterocycles. The lowest BCUT2D eigenvalue weighted by atomic mass is 10.1. The largest absolute Gasteiger partial charge is 0.504 e. The minimum absolute atomic E-state index is 0.0425. The fourth-order valence-electron chi connectivity index (χ4n) is 1.43. The Bertz CT molecular complexity index is 599. The van der Waals surface area contributed by atoms with Crippen molar-refractivity contribution < 1.29 is 5.11 Å². The molecule has 0 atom stereocenters. The van der Waals surface area contributed by atoms with Gasteiger partial charge in [-0.15, -0.1) is 0 Å². The van der Waals surface area contributed by atoms with E-state index in [9.17, 15) is 5.11 Å². The van der Waals surface area contributed by atoms with Gasteiger partial charge >= 0.3 is 0 Å². The second-order valence-electron chi connectivity index (χ2n) is 3.16. The van der Waals surface area contributed by atoms with Gasteiger partial charge in [0.1, 0.15) is 5.52 Å². The summed E-state index contributed by atoms with van der Waals surface area (Å²) in [7, 11) is 0. The first kappa shape index (κ1) is 10.7. The first-order valence-electron chi connectivity index (χ1n) is 4.69. The zero-order valence-corrected chi connectivity index (χ0v) is 9.12. The molecule has 0 aliphatic heterocycles. The van der Waals surface area contributed by atoms with Crippen LogP contribution in [0.4, 0.5) is 0 Å². The van der Waals surface area contributed by atoms with Crippen LogP contribution in [0.5, 0.6) is 5.75 Å². The van der Waals surface area contributed by atoms with E-state index in [-0.39, 0.29) is 12.3 Å². The molecule has 0 unspecified atom stereocenters. The Kier molecular flexibility index (Phi) is 2.95. The van der Waals surface area contributed by atoms with E-state index in [2.05, 4.69) is 16.8 Å². The fraction of sp³-hybridized carbons (Fsp3) is 0.0833. The Labute approximate surface area is 97.9 Å². The van der Waals surface area contributed by atoms with Crippen LogP contribution in [-0.4, -0.2) is 16.6 Å². The number of hydrogen-bond donors (Lipinski definition) is 2. The minimum atomic E-state index is 0.0425. The van der Waals surface area contributed by atoms with Crippen LogP contribution >= 0.6 is 11.6 Å². The second kappa shape index (κ2) is 4.40. The van der Waals surface area contributed by atoms with Crippen LogP contribution < -0.4 is 5.73 Å². The molecule has 0 radical (unpaired) electrons. The molecule has 0 saturated heterocycles. The topological polar surface area (TPSA) is 59.1 Å². The van der Waals surface area contributed by atoms with Crippen molar-refractivity contribution in [2.75, 3.05) is 6.54 Å². The van der Waals surface area contributed by atoms with E-state index in [1.54, 1.807) is 24.4 Å². The van der Waals surface area contributed by atoms with Gasteiger partial charge in [0.05, 0.1) is 17.1 Å². The van der Waals surface area contributed by atoms with Crippen molar-refractivity contribution in [2.24, 2.45) is 5.73 Å². The quantitative estimate of drug-likeness (QED) is 0.682. The maximum Gasteiger partial charge on any atom is 0.157 e. The molecule has 0 spiro atoms. The minimum Gasteiger partial charge on any atom is -0.504 e. The number of aromatic hydroxyl groups is 1. The molecular weight excluding hydrogens is 224 g/mol. The third-order valence-electron chi connectivity index (χ3n) is 2.14. The Morgan fingerprint density at radius 1 is 1.50 bits per heavy atom. The van der Waals surface area contributed by atoms with Crippen LogP contribution in [-0.2, 0) is 0 Å². The van der Waals surface area contributed by atoms with Gasteiger partial charge in [-0.1, -0.05) is 23.4 Å². The molecule has 16 heavy (non-hydrogen) atoms. The highest BCUT2D eigenvalue weighted by molar-refractivity contribution is 6.35. The lowest BCUT2D eigenvalue weighted by Crippen LogP contribution is -1.93. The Morgan fingerprint density at radius 3 is 3.06 bits per heavy atom. The molecule has 3 N–H and O–H groups in total. The number of rotatable bonds is 0. The number of benzene rings is 1. The molecule has 3 nitrogen and oxygen atoms in total. The van der Waals surface area contributed by atoms with Crippen LogP contribution in [0.3, 0.4) is 0 Å². The highest BCUT2D eigenvalue weighted by Gasteiger charge is 2.09. The Hall–Kier alpha value is -1.76. The van der Waals surface area contributed by atoms with Gasteiger partial charge < -0.3 is 10.8 Å². The summed E-state index contributed by atoms with van der Waals surface area (Å²) in [6.07, 6.45) is 1.60. The molecule has 0 saturated carbocycles. The van der Waals surface area contributed by atoms with Crippen molar-refractivity contribution in [1.29, 1.82) is 0 Å². The Morgan fingerprint density at radius 2 is 2.31 bits per heavy atom. The molecule has 2 rings (SSSR count). The highest BCUT2D eigenvalue weighted by Crippen LogP contribution is 2.32. The van der Waals surface area contributed by atoms with Crippen molar-refractivity contribution in [2.45, 2.75) is 0 Å². The molecule has 4 heteroatoms. The molecule has 1 heterocycles. The molecule has 0 fully saturated rings. The van der Waals surface area contributed by atoms with E-state index >= 15 is 0 Å². The van der Waals surface area contributed by atoms with E-state index in [0.717, 1.165) is 0 Å². The number of nitrogens with zero attached hydrogens (tertiary/aromatic N) is 1. The molecule has 2 aromatic rings. The fourth-order valence-corrected chi connectivity index (χ4v) is 1.69. The number of fused-ring (bicyclic) bond motifs is 1. The van der Waals surface area contributed by atoms with Crippen LogP contribution in [0.25, 0.3) is 10.9 Å². The third kappa shape index (κ3) is 1.81. The molecule has 0 amide bonds. The van der Waals surface area contributed by atoms with Crippen LogP contribution in [0.15, 0.2) is 24.4 Å². The summed E-state index contributed by atoms with van der Waals surface area (Å²) >= 11 is 6.06. The first-order valence-corrected chi connectivity index (χ1v) is 5.07. The number of hydrogen-bond acceptors (Lipinski definition) is 3. The monoisotopic (exact) mass is 232 g/mol. The molecular formula is C12H9ClN2O. The lowest BCUT2D eigenvalue weighted by molar-refractivity contribution is 0.479. The highest BCUT2D eigenvalue weighted by atomic mass is 35.5. The predicted octanol–water partition coefficient (Wildman–Crippen LogP) is 1.90. The SMILES string of the molecule is NCC#Cc1cc(Cl)c2cccnc2c1O. The average Bonchev–Trinajstić information content (AvgIpc) is 2.32. The summed E-state index contributed by atoms with van der Waals surface area (Å²) < 4.78 is 0. The van der Waals surface area contributed by atoms with Gasteiger partial charge in [-0.25, -0.2) is 0 Å². The molecule has 80 valence electrons. The number of pyridine rings is 1. The van der Waals surface area contributed by atoms with Crippen molar-refractivity contribution in [3.8, 4) is 17.6 Å². The predicted molar refractivity (Wildman–Crippen MR) is 64.4 cm³/mol. The summed E-state index contributed by atoms with van der Waals surface area (Å²) in [6, 6.07) is 5.17. The summed E-state index contributed by atoms with van der Waals surface area (Å²) in [5, 5.41) is 11.2. The molecule has 0 aliphatic rings. The van der Waals surface area contributed by atoms with Gasteiger partial charge in [-0.05, 0) is 18.2 Å². The summed E-state index contributed by atoms with van der Waals surface area (Å²) in [5.74, 6) is 5.47. The number of phenols is 1. The average molecular weight is 233 g/mol. The van der Waals surface area contributed by atoms with Crippen molar-refractivity contribution in [3.63, 3.8) is 0 Å². The molecule has 1 aromatic carbocycles. The Balaban J connectivity index is 2.75. The van der Waals surface area contributed by atoms with E-state index in [0.29, 0.717) is 21.5 Å². The van der Waals surface area contributed by atoms with Crippen LogP contribution in [0.1, 0.15) is 5.56 Å². The van der Waals surface area contributed by atoms with Gasteiger partial charge in [-0.3, -0.25) is 4.98 Å². The van der Waals surface area contributed by atoms with E-state index in [1.807, 2.05) is 0 Å². The zero-order chi connectivity index (χ0) is 11.5. The smallest absolute Gasteiger partial charge is 0.157 e. The first-order chi connectivity index (χ1) is 7.74. The number of nitrogens with two attached hydrogens (primary N) is 1. The van der Waals surface area contributed by atoms with Crippen LogP contribution in [0.2, 0.25) is 5.02 Å². The summed E-state index contributed by atoms with van der Waals surface area (Å²) in [6.45, 7) is 0.233.